The average Bonchev–Trinajstić information content (AvgIpc) is 2.68. The van der Waals surface area contributed by atoms with Crippen molar-refractivity contribution >= 4 is 29.9 Å². The summed E-state index contributed by atoms with van der Waals surface area (Å²) < 4.78 is 9.88. The summed E-state index contributed by atoms with van der Waals surface area (Å²) in [5.74, 6) is -0.944. The smallest absolute Gasteiger partial charge is 0.335 e. The quantitative estimate of drug-likeness (QED) is 0.266. The molecule has 0 bridgehead atoms. The van der Waals surface area contributed by atoms with Crippen molar-refractivity contribution in [2.24, 2.45) is 0 Å². The van der Waals surface area contributed by atoms with Gasteiger partial charge >= 0.3 is 11.9 Å². The van der Waals surface area contributed by atoms with E-state index in [1.165, 1.54) is 36.4 Å². The Morgan fingerprint density at radius 2 is 1.44 bits per heavy atom. The van der Waals surface area contributed by atoms with Crippen molar-refractivity contribution in [1.82, 2.24) is 0 Å². The van der Waals surface area contributed by atoms with Crippen molar-refractivity contribution in [1.29, 1.82) is 0 Å². The van der Waals surface area contributed by atoms with Gasteiger partial charge in [-0.1, -0.05) is 25.3 Å². The van der Waals surface area contributed by atoms with Gasteiger partial charge in [0.15, 0.2) is 6.29 Å². The average molecular weight is 364 g/mol. The van der Waals surface area contributed by atoms with E-state index >= 15 is 0 Å². The highest BCUT2D eigenvalue weighted by Gasteiger charge is 2.08. The fraction of sp³-hybridized carbons (Fsp3) is 0. The highest BCUT2D eigenvalue weighted by molar-refractivity contribution is 6.13. The number of benzene rings is 2. The Balaban J connectivity index is 2.26. The lowest BCUT2D eigenvalue weighted by molar-refractivity contribution is -0.129. The molecule has 0 fully saturated rings. The number of carbonyl (C=O) groups excluding carboxylic acids is 3. The molecule has 27 heavy (non-hydrogen) atoms. The number of carbonyl (C=O) groups is 3. The maximum absolute atomic E-state index is 11.5. The first-order valence-corrected chi connectivity index (χ1v) is 7.75. The van der Waals surface area contributed by atoms with E-state index in [4.69, 9.17) is 9.47 Å². The Labute approximate surface area is 155 Å². The second kappa shape index (κ2) is 8.96. The number of esters is 2. The molecule has 2 aromatic rings. The van der Waals surface area contributed by atoms with Crippen molar-refractivity contribution in [2.75, 3.05) is 0 Å². The lowest BCUT2D eigenvalue weighted by Crippen LogP contribution is -2.03. The van der Waals surface area contributed by atoms with Crippen LogP contribution in [0.2, 0.25) is 0 Å². The van der Waals surface area contributed by atoms with Gasteiger partial charge in [0.1, 0.15) is 17.2 Å². The second-order valence-corrected chi connectivity index (χ2v) is 5.21. The van der Waals surface area contributed by atoms with Crippen LogP contribution in [0.25, 0.3) is 11.6 Å². The van der Waals surface area contributed by atoms with Gasteiger partial charge in [0.2, 0.25) is 0 Å². The van der Waals surface area contributed by atoms with Crippen LogP contribution < -0.4 is 9.47 Å². The van der Waals surface area contributed by atoms with E-state index in [1.807, 2.05) is 0 Å². The summed E-state index contributed by atoms with van der Waals surface area (Å²) in [6.07, 6.45) is 4.16. The zero-order chi connectivity index (χ0) is 19.8. The number of phenols is 1. The molecule has 0 spiro atoms. The van der Waals surface area contributed by atoms with E-state index in [1.54, 1.807) is 12.1 Å². The molecule has 2 rings (SSSR count). The number of hydrogen-bond acceptors (Lipinski definition) is 6. The fourth-order valence-electron chi connectivity index (χ4n) is 2.09. The molecule has 0 aromatic heterocycles. The molecule has 0 amide bonds. The van der Waals surface area contributed by atoms with Gasteiger partial charge < -0.3 is 14.6 Å². The lowest BCUT2D eigenvalue weighted by atomic mass is 10.0. The van der Waals surface area contributed by atoms with Crippen molar-refractivity contribution in [3.63, 3.8) is 0 Å². The van der Waals surface area contributed by atoms with Crippen LogP contribution in [0.1, 0.15) is 11.1 Å². The summed E-state index contributed by atoms with van der Waals surface area (Å²) in [4.78, 5) is 33.8. The zero-order valence-electron chi connectivity index (χ0n) is 14.3. The molecule has 0 aliphatic carbocycles. The standard InChI is InChI=1S/C21H16O6/c1-3-20(24)26-17-8-5-14(6-9-17)16(13-22)11-15-7-10-18(12-19(15)23)27-21(25)4-2/h3-13,23H,1-2H2/b16-11+. The van der Waals surface area contributed by atoms with Crippen LogP contribution in [0, 0.1) is 0 Å². The molecular formula is C21H16O6. The minimum Gasteiger partial charge on any atom is -0.507 e. The predicted octanol–water partition coefficient (Wildman–Crippen LogP) is 3.31. The Bertz CT molecular complexity index is 922. The number of aldehydes is 1. The molecule has 1 N–H and O–H groups in total. The molecule has 6 nitrogen and oxygen atoms in total. The van der Waals surface area contributed by atoms with E-state index in [0.717, 1.165) is 12.2 Å². The minimum atomic E-state index is -0.650. The molecule has 0 atom stereocenters. The molecule has 0 aliphatic rings. The lowest BCUT2D eigenvalue weighted by Gasteiger charge is -2.07. The number of hydrogen-bond donors (Lipinski definition) is 1. The molecular weight excluding hydrogens is 348 g/mol. The molecule has 6 heteroatoms. The Hall–Kier alpha value is -3.93. The van der Waals surface area contributed by atoms with Crippen LogP contribution in [-0.2, 0) is 14.4 Å². The van der Waals surface area contributed by atoms with Gasteiger partial charge in [-0.3, -0.25) is 4.79 Å². The highest BCUT2D eigenvalue weighted by Crippen LogP contribution is 2.28. The monoisotopic (exact) mass is 364 g/mol. The van der Waals surface area contributed by atoms with Gasteiger partial charge in [0.25, 0.3) is 0 Å². The first-order chi connectivity index (χ1) is 13.0. The van der Waals surface area contributed by atoms with E-state index in [0.29, 0.717) is 28.7 Å². The normalized spacial score (nSPS) is 10.6. The Kier molecular flexibility index (Phi) is 6.44. The van der Waals surface area contributed by atoms with Gasteiger partial charge in [0, 0.05) is 29.4 Å². The summed E-state index contributed by atoms with van der Waals surface area (Å²) in [7, 11) is 0. The number of allylic oxidation sites excluding steroid dienone is 1. The summed E-state index contributed by atoms with van der Waals surface area (Å²) in [5.41, 5.74) is 1.21. The topological polar surface area (TPSA) is 89.9 Å². The van der Waals surface area contributed by atoms with Gasteiger partial charge in [-0.2, -0.15) is 0 Å². The molecule has 0 aliphatic heterocycles. The molecule has 2 aromatic carbocycles. The third-order valence-corrected chi connectivity index (χ3v) is 3.40. The van der Waals surface area contributed by atoms with Crippen LogP contribution in [0.3, 0.4) is 0 Å². The van der Waals surface area contributed by atoms with Crippen LogP contribution >= 0.6 is 0 Å². The van der Waals surface area contributed by atoms with E-state index in [2.05, 4.69) is 13.2 Å². The van der Waals surface area contributed by atoms with Gasteiger partial charge in [-0.15, -0.1) is 0 Å². The fourth-order valence-corrected chi connectivity index (χ4v) is 2.09. The van der Waals surface area contributed by atoms with Crippen molar-refractivity contribution in [3.8, 4) is 17.2 Å². The summed E-state index contributed by atoms with van der Waals surface area (Å²) in [6, 6.07) is 10.5. The zero-order valence-corrected chi connectivity index (χ0v) is 14.3. The maximum atomic E-state index is 11.5. The van der Waals surface area contributed by atoms with Gasteiger partial charge in [0.05, 0.1) is 0 Å². The first-order valence-electron chi connectivity index (χ1n) is 7.75. The van der Waals surface area contributed by atoms with Crippen molar-refractivity contribution in [3.05, 3.63) is 78.9 Å². The molecule has 0 saturated heterocycles. The summed E-state index contributed by atoms with van der Waals surface area (Å²) in [6.45, 7) is 6.60. The van der Waals surface area contributed by atoms with E-state index < -0.39 is 11.9 Å². The molecule has 0 radical (unpaired) electrons. The highest BCUT2D eigenvalue weighted by atomic mass is 16.5. The van der Waals surface area contributed by atoms with Gasteiger partial charge in [-0.05, 0) is 35.9 Å². The third-order valence-electron chi connectivity index (χ3n) is 3.40. The van der Waals surface area contributed by atoms with E-state index in [9.17, 15) is 19.5 Å². The molecule has 136 valence electrons. The number of phenolic OH excluding ortho intramolecular Hbond substituents is 1. The third kappa shape index (κ3) is 5.27. The van der Waals surface area contributed by atoms with Crippen LogP contribution in [0.4, 0.5) is 0 Å². The maximum Gasteiger partial charge on any atom is 0.335 e. The number of ether oxygens (including phenoxy) is 2. The van der Waals surface area contributed by atoms with Crippen molar-refractivity contribution in [2.45, 2.75) is 0 Å². The second-order valence-electron chi connectivity index (χ2n) is 5.21. The minimum absolute atomic E-state index is 0.149. The summed E-state index contributed by atoms with van der Waals surface area (Å²) >= 11 is 0. The van der Waals surface area contributed by atoms with E-state index in [-0.39, 0.29) is 11.5 Å². The SMILES string of the molecule is C=CC(=O)Oc1ccc(/C(C=O)=C/c2ccc(OC(=O)C=C)cc2O)cc1. The molecule has 0 unspecified atom stereocenters. The number of rotatable bonds is 7. The Morgan fingerprint density at radius 1 is 0.889 bits per heavy atom. The van der Waals surface area contributed by atoms with Crippen LogP contribution in [0.15, 0.2) is 67.8 Å². The Morgan fingerprint density at radius 3 is 1.96 bits per heavy atom. The summed E-state index contributed by atoms with van der Waals surface area (Å²) in [5, 5.41) is 10.1. The van der Waals surface area contributed by atoms with Gasteiger partial charge in [-0.25, -0.2) is 9.59 Å². The number of aromatic hydroxyl groups is 1. The van der Waals surface area contributed by atoms with Crippen molar-refractivity contribution < 1.29 is 29.0 Å². The molecule has 0 heterocycles. The molecule has 0 saturated carbocycles. The predicted molar refractivity (Wildman–Crippen MR) is 100 cm³/mol. The van der Waals surface area contributed by atoms with Crippen LogP contribution in [-0.4, -0.2) is 23.3 Å². The largest absolute Gasteiger partial charge is 0.507 e. The van der Waals surface area contributed by atoms with Crippen LogP contribution in [0.5, 0.6) is 17.2 Å². The first kappa shape index (κ1) is 19.4.